The zero-order valence-corrected chi connectivity index (χ0v) is 11.3. The Morgan fingerprint density at radius 3 is 2.20 bits per heavy atom. The number of hydrogen-bond acceptors (Lipinski definition) is 2. The van der Waals surface area contributed by atoms with Gasteiger partial charge in [0.1, 0.15) is 0 Å². The van der Waals surface area contributed by atoms with Crippen LogP contribution in [0.1, 0.15) is 17.5 Å². The highest BCUT2D eigenvalue weighted by molar-refractivity contribution is 9.10. The predicted molar refractivity (Wildman–Crippen MR) is 68.2 cm³/mol. The second kappa shape index (κ2) is 3.91. The fraction of sp³-hybridized carbons (Fsp3) is 0.455. The van der Waals surface area contributed by atoms with Crippen molar-refractivity contribution in [2.75, 3.05) is 11.5 Å². The Kier molecular flexibility index (Phi) is 2.90. The van der Waals surface area contributed by atoms with E-state index in [0.29, 0.717) is 0 Å². The van der Waals surface area contributed by atoms with Crippen molar-refractivity contribution < 1.29 is 4.21 Å². The maximum atomic E-state index is 12.0. The average molecular weight is 288 g/mol. The lowest BCUT2D eigenvalue weighted by atomic mass is 10.1. The maximum absolute atomic E-state index is 12.0. The lowest BCUT2D eigenvalue weighted by Gasteiger charge is -2.19. The van der Waals surface area contributed by atoms with E-state index in [4.69, 9.17) is 0 Å². The smallest absolute Gasteiger partial charge is 0.0789 e. The molecule has 82 valence electrons. The van der Waals surface area contributed by atoms with Crippen LogP contribution in [0.15, 0.2) is 21.0 Å². The summed E-state index contributed by atoms with van der Waals surface area (Å²) < 4.78 is 17.5. The zero-order chi connectivity index (χ0) is 11.1. The molecule has 1 heterocycles. The van der Waals surface area contributed by atoms with Gasteiger partial charge < -0.3 is 0 Å². The third-order valence-electron chi connectivity index (χ3n) is 2.64. The second-order valence-corrected chi connectivity index (χ2v) is 7.47. The molecule has 1 aliphatic heterocycles. The molecule has 15 heavy (non-hydrogen) atoms. The van der Waals surface area contributed by atoms with Gasteiger partial charge in [0.05, 0.1) is 15.4 Å². The Bertz CT molecular complexity index is 482. The van der Waals surface area contributed by atoms with E-state index in [0.717, 1.165) is 39.2 Å². The highest BCUT2D eigenvalue weighted by Gasteiger charge is 2.20. The third-order valence-corrected chi connectivity index (χ3v) is 5.47. The molecule has 1 aromatic carbocycles. The van der Waals surface area contributed by atoms with Gasteiger partial charge >= 0.3 is 0 Å². The number of nitrogens with zero attached hydrogens (tertiary/aromatic N) is 1. The summed E-state index contributed by atoms with van der Waals surface area (Å²) in [6.07, 6.45) is 1.05. The van der Waals surface area contributed by atoms with E-state index in [2.05, 4.69) is 20.3 Å². The molecule has 1 fully saturated rings. The van der Waals surface area contributed by atoms with Crippen LogP contribution in [0.4, 0.5) is 5.69 Å². The van der Waals surface area contributed by atoms with Crippen molar-refractivity contribution in [3.05, 3.63) is 27.7 Å². The van der Waals surface area contributed by atoms with Crippen LogP contribution in [0.2, 0.25) is 0 Å². The van der Waals surface area contributed by atoms with Gasteiger partial charge in [0.25, 0.3) is 0 Å². The minimum atomic E-state index is -1.89. The molecular weight excluding hydrogens is 274 g/mol. The van der Waals surface area contributed by atoms with E-state index >= 15 is 0 Å². The maximum Gasteiger partial charge on any atom is 0.0789 e. The average Bonchev–Trinajstić information content (AvgIpc) is 2.08. The van der Waals surface area contributed by atoms with Crippen molar-refractivity contribution in [1.29, 1.82) is 0 Å². The van der Waals surface area contributed by atoms with Crippen molar-refractivity contribution in [3.8, 4) is 0 Å². The van der Waals surface area contributed by atoms with Crippen molar-refractivity contribution in [1.82, 2.24) is 0 Å². The largest absolute Gasteiger partial charge is 0.249 e. The van der Waals surface area contributed by atoms with Crippen molar-refractivity contribution in [2.24, 2.45) is 4.36 Å². The van der Waals surface area contributed by atoms with Gasteiger partial charge in [-0.05, 0) is 43.5 Å². The predicted octanol–water partition coefficient (Wildman–Crippen LogP) is 3.57. The monoisotopic (exact) mass is 287 g/mol. The van der Waals surface area contributed by atoms with Crippen LogP contribution in [-0.2, 0) is 9.73 Å². The van der Waals surface area contributed by atoms with Crippen LogP contribution in [0, 0.1) is 13.8 Å². The molecule has 1 aliphatic rings. The van der Waals surface area contributed by atoms with Crippen LogP contribution in [0.25, 0.3) is 0 Å². The van der Waals surface area contributed by atoms with E-state index in [-0.39, 0.29) is 0 Å². The van der Waals surface area contributed by atoms with E-state index in [1.807, 2.05) is 26.0 Å². The van der Waals surface area contributed by atoms with Crippen LogP contribution in [0.3, 0.4) is 0 Å². The third kappa shape index (κ3) is 2.26. The van der Waals surface area contributed by atoms with Crippen molar-refractivity contribution >= 4 is 31.3 Å². The Morgan fingerprint density at radius 1 is 1.27 bits per heavy atom. The fourth-order valence-corrected chi connectivity index (χ4v) is 3.97. The van der Waals surface area contributed by atoms with Gasteiger partial charge in [-0.3, -0.25) is 0 Å². The molecule has 0 radical (unpaired) electrons. The summed E-state index contributed by atoms with van der Waals surface area (Å²) in [4.78, 5) is 0. The van der Waals surface area contributed by atoms with E-state index in [1.165, 1.54) is 0 Å². The highest BCUT2D eigenvalue weighted by atomic mass is 79.9. The first-order valence-corrected chi connectivity index (χ1v) is 7.64. The van der Waals surface area contributed by atoms with E-state index in [9.17, 15) is 4.21 Å². The van der Waals surface area contributed by atoms with Gasteiger partial charge in [-0.25, -0.2) is 4.21 Å². The molecule has 0 N–H and O–H groups in total. The Hall–Kier alpha value is -0.350. The summed E-state index contributed by atoms with van der Waals surface area (Å²) in [7, 11) is -1.89. The SMILES string of the molecule is Cc1cc(Br)cc(C)c1N=S1(=O)CCC1. The fourth-order valence-electron chi connectivity index (χ4n) is 1.70. The molecule has 0 saturated carbocycles. The van der Waals surface area contributed by atoms with E-state index < -0.39 is 9.73 Å². The molecule has 0 aliphatic carbocycles. The molecule has 1 saturated heterocycles. The van der Waals surface area contributed by atoms with Crippen LogP contribution in [-0.4, -0.2) is 15.7 Å². The normalized spacial score (nSPS) is 18.3. The standard InChI is InChI=1S/C11H14BrNOS/c1-8-6-10(12)7-9(2)11(8)13-15(14)4-3-5-15/h6-7H,3-5H2,1-2H3. The Morgan fingerprint density at radius 2 is 1.80 bits per heavy atom. The number of benzene rings is 1. The molecule has 1 aromatic rings. The van der Waals surface area contributed by atoms with Gasteiger partial charge in [0.15, 0.2) is 0 Å². The first-order chi connectivity index (χ1) is 7.00. The van der Waals surface area contributed by atoms with Crippen molar-refractivity contribution in [2.45, 2.75) is 20.3 Å². The number of hydrogen-bond donors (Lipinski definition) is 0. The molecule has 0 aromatic heterocycles. The molecule has 2 nitrogen and oxygen atoms in total. The summed E-state index contributed by atoms with van der Waals surface area (Å²) in [6.45, 7) is 4.02. The van der Waals surface area contributed by atoms with Gasteiger partial charge in [-0.15, -0.1) is 0 Å². The molecule has 2 rings (SSSR count). The molecule has 0 bridgehead atoms. The quantitative estimate of drug-likeness (QED) is 0.776. The number of halogens is 1. The highest BCUT2D eigenvalue weighted by Crippen LogP contribution is 2.30. The summed E-state index contributed by atoms with van der Waals surface area (Å²) in [5.74, 6) is 1.53. The first kappa shape index (κ1) is 11.1. The minimum absolute atomic E-state index is 0.766. The van der Waals surface area contributed by atoms with Gasteiger partial charge in [-0.2, -0.15) is 4.36 Å². The lowest BCUT2D eigenvalue weighted by Crippen LogP contribution is -2.23. The van der Waals surface area contributed by atoms with Crippen LogP contribution >= 0.6 is 15.9 Å². The number of aryl methyl sites for hydroxylation is 2. The second-order valence-electron chi connectivity index (χ2n) is 4.01. The van der Waals surface area contributed by atoms with E-state index in [1.54, 1.807) is 0 Å². The molecule has 0 atom stereocenters. The van der Waals surface area contributed by atoms with Crippen LogP contribution < -0.4 is 0 Å². The van der Waals surface area contributed by atoms with Gasteiger partial charge in [0, 0.05) is 16.0 Å². The molecular formula is C11H14BrNOS. The summed E-state index contributed by atoms with van der Waals surface area (Å²) >= 11 is 3.44. The summed E-state index contributed by atoms with van der Waals surface area (Å²) in [5.41, 5.74) is 3.11. The van der Waals surface area contributed by atoms with Crippen LogP contribution in [0.5, 0.6) is 0 Å². The summed E-state index contributed by atoms with van der Waals surface area (Å²) in [5, 5.41) is 0. The minimum Gasteiger partial charge on any atom is -0.249 e. The number of rotatable bonds is 1. The molecule has 4 heteroatoms. The lowest BCUT2D eigenvalue weighted by molar-refractivity contribution is 0.663. The Labute approximate surface area is 99.4 Å². The van der Waals surface area contributed by atoms with Gasteiger partial charge in [-0.1, -0.05) is 15.9 Å². The molecule has 0 unspecified atom stereocenters. The van der Waals surface area contributed by atoms with Gasteiger partial charge in [0.2, 0.25) is 0 Å². The summed E-state index contributed by atoms with van der Waals surface area (Å²) in [6, 6.07) is 4.04. The zero-order valence-electron chi connectivity index (χ0n) is 8.92. The molecule has 0 amide bonds. The Balaban J connectivity index is 2.54. The topological polar surface area (TPSA) is 29.4 Å². The molecule has 0 spiro atoms. The first-order valence-electron chi connectivity index (χ1n) is 4.99. The van der Waals surface area contributed by atoms with Crippen molar-refractivity contribution in [3.63, 3.8) is 0 Å².